The minimum absolute atomic E-state index is 0.128. The molecule has 0 atom stereocenters. The lowest BCUT2D eigenvalue weighted by Gasteiger charge is -2.12. The lowest BCUT2D eigenvalue weighted by molar-refractivity contribution is -0.386. The Balaban J connectivity index is 1.96. The van der Waals surface area contributed by atoms with Gasteiger partial charge in [-0.05, 0) is 42.3 Å². The van der Waals surface area contributed by atoms with Crippen LogP contribution in [0.4, 0.5) is 10.1 Å². The topological polar surface area (TPSA) is 153 Å². The van der Waals surface area contributed by atoms with Crippen LogP contribution in [0.2, 0.25) is 5.28 Å². The van der Waals surface area contributed by atoms with E-state index >= 15 is 0 Å². The summed E-state index contributed by atoms with van der Waals surface area (Å²) in [7, 11) is 0. The second kappa shape index (κ2) is 9.17. The molecule has 1 aromatic carbocycles. The Morgan fingerprint density at radius 3 is 2.74 bits per heavy atom. The third-order valence-corrected chi connectivity index (χ3v) is 3.91. The minimum Gasteiger partial charge on any atom is -0.490 e. The maximum atomic E-state index is 13.9. The van der Waals surface area contributed by atoms with Gasteiger partial charge in [0.25, 0.3) is 5.88 Å². The smallest absolute Gasteiger partial charge is 0.357 e. The number of hydrogen-bond acceptors (Lipinski definition) is 8. The van der Waals surface area contributed by atoms with Gasteiger partial charge in [-0.1, -0.05) is 12.1 Å². The molecule has 3 aromatic rings. The van der Waals surface area contributed by atoms with Gasteiger partial charge in [0.05, 0.1) is 17.7 Å². The van der Waals surface area contributed by atoms with Gasteiger partial charge in [0.2, 0.25) is 11.1 Å². The molecule has 0 spiro atoms. The maximum Gasteiger partial charge on any atom is 0.357 e. The molecule has 0 aliphatic carbocycles. The van der Waals surface area contributed by atoms with Gasteiger partial charge in [0.1, 0.15) is 5.69 Å². The molecule has 2 aromatic heterocycles. The molecule has 11 nitrogen and oxygen atoms in total. The van der Waals surface area contributed by atoms with Crippen LogP contribution < -0.4 is 20.7 Å². The van der Waals surface area contributed by atoms with E-state index in [1.165, 1.54) is 30.4 Å². The van der Waals surface area contributed by atoms with Crippen molar-refractivity contribution in [1.82, 2.24) is 19.9 Å². The van der Waals surface area contributed by atoms with Crippen molar-refractivity contribution in [1.29, 1.82) is 0 Å². The number of aromatic amines is 2. The first-order chi connectivity index (χ1) is 14.8. The summed E-state index contributed by atoms with van der Waals surface area (Å²) in [6.45, 7) is 1.97. The summed E-state index contributed by atoms with van der Waals surface area (Å²) in [4.78, 5) is 44.5. The molecule has 3 rings (SSSR count). The molecule has 0 fully saturated rings. The van der Waals surface area contributed by atoms with Crippen LogP contribution in [-0.2, 0) is 0 Å². The number of rotatable bonds is 7. The van der Waals surface area contributed by atoms with Crippen LogP contribution in [0.15, 0.2) is 34.0 Å². The van der Waals surface area contributed by atoms with Crippen molar-refractivity contribution in [3.63, 3.8) is 0 Å². The van der Waals surface area contributed by atoms with Crippen molar-refractivity contribution in [2.24, 2.45) is 0 Å². The third kappa shape index (κ3) is 5.11. The lowest BCUT2D eigenvalue weighted by atomic mass is 10.1. The van der Waals surface area contributed by atoms with E-state index in [1.807, 2.05) is 0 Å². The number of benzene rings is 1. The third-order valence-electron chi connectivity index (χ3n) is 3.73. The SMILES string of the molecule is CCOc1cc(/C=C\c2[nH]c(=O)[nH]c(=O)c2[N+](=O)[O-])ccc1Oc1nc(Cl)ncc1F. The van der Waals surface area contributed by atoms with E-state index in [0.29, 0.717) is 5.56 Å². The van der Waals surface area contributed by atoms with Crippen molar-refractivity contribution in [3.05, 3.63) is 77.7 Å². The van der Waals surface area contributed by atoms with Gasteiger partial charge in [0, 0.05) is 0 Å². The lowest BCUT2D eigenvalue weighted by Crippen LogP contribution is -2.25. The second-order valence-electron chi connectivity index (χ2n) is 5.79. The van der Waals surface area contributed by atoms with Crippen LogP contribution in [-0.4, -0.2) is 31.5 Å². The fraction of sp³-hybridized carbons (Fsp3) is 0.111. The largest absolute Gasteiger partial charge is 0.490 e. The second-order valence-corrected chi connectivity index (χ2v) is 6.13. The predicted octanol–water partition coefficient (Wildman–Crippen LogP) is 2.92. The zero-order chi connectivity index (χ0) is 22.5. The van der Waals surface area contributed by atoms with E-state index in [0.717, 1.165) is 6.20 Å². The molecule has 2 N–H and O–H groups in total. The van der Waals surface area contributed by atoms with Crippen LogP contribution >= 0.6 is 11.6 Å². The van der Waals surface area contributed by atoms with Gasteiger partial charge in [-0.15, -0.1) is 0 Å². The van der Waals surface area contributed by atoms with Crippen molar-refractivity contribution < 1.29 is 18.8 Å². The highest BCUT2D eigenvalue weighted by molar-refractivity contribution is 6.28. The van der Waals surface area contributed by atoms with E-state index in [1.54, 1.807) is 11.9 Å². The molecule has 0 radical (unpaired) electrons. The number of H-pyrrole nitrogens is 2. The molecular formula is C18H13ClFN5O6. The molecule has 13 heteroatoms. The number of ether oxygens (including phenoxy) is 2. The highest BCUT2D eigenvalue weighted by Crippen LogP contribution is 2.33. The fourth-order valence-corrected chi connectivity index (χ4v) is 2.59. The molecule has 0 saturated heterocycles. The summed E-state index contributed by atoms with van der Waals surface area (Å²) in [5.41, 5.74) is -2.63. The molecule has 0 aliphatic heterocycles. The molecule has 0 bridgehead atoms. The van der Waals surface area contributed by atoms with Crippen LogP contribution in [0.25, 0.3) is 12.2 Å². The Kier molecular flexibility index (Phi) is 6.40. The highest BCUT2D eigenvalue weighted by atomic mass is 35.5. The Morgan fingerprint density at radius 1 is 1.26 bits per heavy atom. The van der Waals surface area contributed by atoms with Crippen LogP contribution in [0.3, 0.4) is 0 Å². The summed E-state index contributed by atoms with van der Waals surface area (Å²) in [6, 6.07) is 4.49. The molecule has 0 amide bonds. The number of nitrogens with one attached hydrogen (secondary N) is 2. The first-order valence-electron chi connectivity index (χ1n) is 8.60. The van der Waals surface area contributed by atoms with Crippen LogP contribution in [0.1, 0.15) is 18.2 Å². The van der Waals surface area contributed by atoms with Gasteiger partial charge in [-0.25, -0.2) is 9.78 Å². The molecule has 160 valence electrons. The summed E-state index contributed by atoms with van der Waals surface area (Å²) in [5, 5.41) is 10.9. The van der Waals surface area contributed by atoms with Crippen molar-refractivity contribution >= 4 is 29.4 Å². The predicted molar refractivity (Wildman–Crippen MR) is 108 cm³/mol. The summed E-state index contributed by atoms with van der Waals surface area (Å²) in [6.07, 6.45) is 3.47. The van der Waals surface area contributed by atoms with Crippen molar-refractivity contribution in [3.8, 4) is 17.4 Å². The van der Waals surface area contributed by atoms with Crippen LogP contribution in [0, 0.1) is 15.9 Å². The fourth-order valence-electron chi connectivity index (χ4n) is 2.47. The van der Waals surface area contributed by atoms with E-state index in [9.17, 15) is 24.1 Å². The van der Waals surface area contributed by atoms with Crippen molar-refractivity contribution in [2.45, 2.75) is 6.92 Å². The Labute approximate surface area is 177 Å². The Hall–Kier alpha value is -4.06. The molecule has 0 saturated carbocycles. The van der Waals surface area contributed by atoms with Gasteiger partial charge in [-0.2, -0.15) is 9.37 Å². The average molecular weight is 450 g/mol. The average Bonchev–Trinajstić information content (AvgIpc) is 2.70. The number of hydrogen-bond donors (Lipinski definition) is 2. The van der Waals surface area contributed by atoms with E-state index in [2.05, 4.69) is 15.0 Å². The summed E-state index contributed by atoms with van der Waals surface area (Å²) >= 11 is 5.66. The number of nitro groups is 1. The van der Waals surface area contributed by atoms with Gasteiger partial charge >= 0.3 is 16.9 Å². The standard InChI is InChI=1S/C18H13ClFN5O6/c1-2-30-13-7-9(3-5-11-14(25(28)29)15(26)23-18(27)22-11)4-6-12(13)31-16-10(20)8-21-17(19)24-16/h3-8H,2H2,1H3,(H2,22,23,26,27)/b5-3-. The van der Waals surface area contributed by atoms with Gasteiger partial charge < -0.3 is 14.5 Å². The normalized spacial score (nSPS) is 10.9. The Morgan fingerprint density at radius 2 is 2.03 bits per heavy atom. The van der Waals surface area contributed by atoms with E-state index in [-0.39, 0.29) is 29.1 Å². The van der Waals surface area contributed by atoms with Crippen LogP contribution in [0.5, 0.6) is 17.4 Å². The van der Waals surface area contributed by atoms with Gasteiger partial charge in [-0.3, -0.25) is 19.9 Å². The summed E-state index contributed by atoms with van der Waals surface area (Å²) < 4.78 is 24.8. The Bertz CT molecular complexity index is 1290. The number of aromatic nitrogens is 4. The first kappa shape index (κ1) is 21.6. The molecule has 31 heavy (non-hydrogen) atoms. The zero-order valence-electron chi connectivity index (χ0n) is 15.7. The molecular weight excluding hydrogens is 437 g/mol. The maximum absolute atomic E-state index is 13.9. The zero-order valence-corrected chi connectivity index (χ0v) is 16.5. The quantitative estimate of drug-likeness (QED) is 0.317. The first-order valence-corrected chi connectivity index (χ1v) is 8.98. The molecule has 2 heterocycles. The summed E-state index contributed by atoms with van der Waals surface area (Å²) in [5.74, 6) is -0.891. The molecule has 0 aliphatic rings. The number of nitrogens with zero attached hydrogens (tertiary/aromatic N) is 3. The van der Waals surface area contributed by atoms with E-state index < -0.39 is 33.6 Å². The van der Waals surface area contributed by atoms with Crippen molar-refractivity contribution in [2.75, 3.05) is 6.61 Å². The monoisotopic (exact) mass is 449 g/mol. The highest BCUT2D eigenvalue weighted by Gasteiger charge is 2.19. The van der Waals surface area contributed by atoms with Gasteiger partial charge in [0.15, 0.2) is 11.5 Å². The molecule has 0 unspecified atom stereocenters. The number of halogens is 2. The minimum atomic E-state index is -1.13. The van der Waals surface area contributed by atoms with E-state index in [4.69, 9.17) is 21.1 Å².